The smallest absolute Gasteiger partial charge is 0.126 e. The van der Waals surface area contributed by atoms with Gasteiger partial charge < -0.3 is 5.32 Å². The Morgan fingerprint density at radius 1 is 1.33 bits per heavy atom. The molecule has 0 aromatic heterocycles. The Morgan fingerprint density at radius 2 is 1.93 bits per heavy atom. The fourth-order valence-electron chi connectivity index (χ4n) is 1.19. The van der Waals surface area contributed by atoms with Gasteiger partial charge in [-0.05, 0) is 24.6 Å². The summed E-state index contributed by atoms with van der Waals surface area (Å²) >= 11 is 0. The van der Waals surface area contributed by atoms with Crippen LogP contribution < -0.4 is 5.32 Å². The molecule has 0 amide bonds. The molecule has 1 atom stereocenters. The van der Waals surface area contributed by atoms with Gasteiger partial charge in [-0.3, -0.25) is 0 Å². The lowest BCUT2D eigenvalue weighted by molar-refractivity contribution is 0.567. The molecular weight excluding hydrogens is 198 g/mol. The number of rotatable bonds is 4. The maximum Gasteiger partial charge on any atom is 0.126 e. The standard InChI is InChI=1S/C11H12F2N2/c1-8(5-14)6-15-7-9-2-10(12)4-11(13)3-9/h2-4,8,15H,6-7H2,1H3. The van der Waals surface area contributed by atoms with Gasteiger partial charge in [0.05, 0.1) is 12.0 Å². The van der Waals surface area contributed by atoms with Gasteiger partial charge in [0.15, 0.2) is 0 Å². The molecule has 1 N–H and O–H groups in total. The monoisotopic (exact) mass is 210 g/mol. The van der Waals surface area contributed by atoms with Crippen molar-refractivity contribution >= 4 is 0 Å². The fourth-order valence-corrected chi connectivity index (χ4v) is 1.19. The van der Waals surface area contributed by atoms with Crippen molar-refractivity contribution in [2.45, 2.75) is 13.5 Å². The number of hydrogen-bond donors (Lipinski definition) is 1. The molecule has 4 heteroatoms. The zero-order valence-electron chi connectivity index (χ0n) is 8.43. The van der Waals surface area contributed by atoms with Crippen LogP contribution in [0, 0.1) is 28.9 Å². The molecule has 0 spiro atoms. The molecule has 0 radical (unpaired) electrons. The molecule has 0 saturated carbocycles. The summed E-state index contributed by atoms with van der Waals surface area (Å²) in [5.74, 6) is -1.27. The van der Waals surface area contributed by atoms with E-state index in [1.54, 1.807) is 6.92 Å². The van der Waals surface area contributed by atoms with Crippen LogP contribution in [0.5, 0.6) is 0 Å². The quantitative estimate of drug-likeness (QED) is 0.827. The van der Waals surface area contributed by atoms with Crippen LogP contribution in [0.4, 0.5) is 8.78 Å². The van der Waals surface area contributed by atoms with Crippen LogP contribution in [-0.2, 0) is 6.54 Å². The lowest BCUT2D eigenvalue weighted by Gasteiger charge is -2.06. The zero-order chi connectivity index (χ0) is 11.3. The summed E-state index contributed by atoms with van der Waals surface area (Å²) in [5, 5.41) is 11.5. The first-order valence-electron chi connectivity index (χ1n) is 4.67. The number of nitriles is 1. The molecule has 2 nitrogen and oxygen atoms in total. The van der Waals surface area contributed by atoms with Crippen LogP contribution in [-0.4, -0.2) is 6.54 Å². The molecule has 1 unspecified atom stereocenters. The van der Waals surface area contributed by atoms with E-state index in [-0.39, 0.29) is 5.92 Å². The maximum atomic E-state index is 12.8. The molecule has 0 aliphatic heterocycles. The van der Waals surface area contributed by atoms with Crippen LogP contribution in [0.3, 0.4) is 0 Å². The van der Waals surface area contributed by atoms with Crippen LogP contribution in [0.25, 0.3) is 0 Å². The minimum atomic E-state index is -0.583. The Labute approximate surface area is 87.5 Å². The van der Waals surface area contributed by atoms with Gasteiger partial charge in [0, 0.05) is 19.2 Å². The lowest BCUT2D eigenvalue weighted by atomic mass is 10.2. The Balaban J connectivity index is 2.48. The molecule has 0 heterocycles. The molecule has 15 heavy (non-hydrogen) atoms. The Kier molecular flexibility index (Phi) is 4.19. The van der Waals surface area contributed by atoms with Crippen LogP contribution in [0.15, 0.2) is 18.2 Å². The predicted molar refractivity (Wildman–Crippen MR) is 52.8 cm³/mol. The zero-order valence-corrected chi connectivity index (χ0v) is 8.43. The van der Waals surface area contributed by atoms with Gasteiger partial charge in [-0.1, -0.05) is 0 Å². The average Bonchev–Trinajstić information content (AvgIpc) is 2.16. The SMILES string of the molecule is CC(C#N)CNCc1cc(F)cc(F)c1. The van der Waals surface area contributed by atoms with Crippen LogP contribution in [0.2, 0.25) is 0 Å². The third kappa shape index (κ3) is 4.05. The van der Waals surface area contributed by atoms with Gasteiger partial charge >= 0.3 is 0 Å². The van der Waals surface area contributed by atoms with Gasteiger partial charge in [0.25, 0.3) is 0 Å². The summed E-state index contributed by atoms with van der Waals surface area (Å²) in [6, 6.07) is 5.44. The van der Waals surface area contributed by atoms with Gasteiger partial charge in [0.2, 0.25) is 0 Å². The van der Waals surface area contributed by atoms with Crippen molar-refractivity contribution in [1.82, 2.24) is 5.32 Å². The van der Waals surface area contributed by atoms with Gasteiger partial charge in [-0.2, -0.15) is 5.26 Å². The summed E-state index contributed by atoms with van der Waals surface area (Å²) < 4.78 is 25.5. The number of nitrogens with one attached hydrogen (secondary N) is 1. The van der Waals surface area contributed by atoms with E-state index in [2.05, 4.69) is 11.4 Å². The third-order valence-corrected chi connectivity index (χ3v) is 1.92. The topological polar surface area (TPSA) is 35.8 Å². The van der Waals surface area contributed by atoms with E-state index < -0.39 is 11.6 Å². The predicted octanol–water partition coefficient (Wildman–Crippen LogP) is 2.21. The molecule has 0 aliphatic rings. The Morgan fingerprint density at radius 3 is 2.47 bits per heavy atom. The van der Waals surface area contributed by atoms with E-state index in [0.29, 0.717) is 18.7 Å². The van der Waals surface area contributed by atoms with E-state index in [0.717, 1.165) is 6.07 Å². The first kappa shape index (κ1) is 11.6. The summed E-state index contributed by atoms with van der Waals surface area (Å²) in [5.41, 5.74) is 0.539. The highest BCUT2D eigenvalue weighted by Gasteiger charge is 2.02. The molecule has 0 fully saturated rings. The van der Waals surface area contributed by atoms with E-state index in [9.17, 15) is 8.78 Å². The third-order valence-electron chi connectivity index (χ3n) is 1.92. The second kappa shape index (κ2) is 5.42. The highest BCUT2D eigenvalue weighted by Crippen LogP contribution is 2.07. The summed E-state index contributed by atoms with van der Waals surface area (Å²) in [6.07, 6.45) is 0. The number of benzene rings is 1. The molecule has 1 aromatic carbocycles. The largest absolute Gasteiger partial charge is 0.311 e. The first-order valence-corrected chi connectivity index (χ1v) is 4.67. The van der Waals surface area contributed by atoms with Crippen molar-refractivity contribution in [2.24, 2.45) is 5.92 Å². The van der Waals surface area contributed by atoms with E-state index in [4.69, 9.17) is 5.26 Å². The molecule has 1 rings (SSSR count). The summed E-state index contributed by atoms with van der Waals surface area (Å²) in [4.78, 5) is 0. The number of nitrogens with zero attached hydrogens (tertiary/aromatic N) is 1. The fraction of sp³-hybridized carbons (Fsp3) is 0.364. The van der Waals surface area contributed by atoms with Crippen molar-refractivity contribution in [1.29, 1.82) is 5.26 Å². The van der Waals surface area contributed by atoms with Gasteiger partial charge in [-0.25, -0.2) is 8.78 Å². The minimum absolute atomic E-state index is 0.108. The lowest BCUT2D eigenvalue weighted by Crippen LogP contribution is -2.19. The van der Waals surface area contributed by atoms with Crippen molar-refractivity contribution < 1.29 is 8.78 Å². The normalized spacial score (nSPS) is 12.1. The minimum Gasteiger partial charge on any atom is -0.311 e. The van der Waals surface area contributed by atoms with Crippen LogP contribution >= 0.6 is 0 Å². The molecule has 0 saturated heterocycles. The van der Waals surface area contributed by atoms with Crippen molar-refractivity contribution in [3.05, 3.63) is 35.4 Å². The highest BCUT2D eigenvalue weighted by atomic mass is 19.1. The van der Waals surface area contributed by atoms with Crippen molar-refractivity contribution in [3.8, 4) is 6.07 Å². The van der Waals surface area contributed by atoms with E-state index >= 15 is 0 Å². The Hall–Kier alpha value is -1.47. The van der Waals surface area contributed by atoms with E-state index in [1.807, 2.05) is 0 Å². The van der Waals surface area contributed by atoms with Gasteiger partial charge in [-0.15, -0.1) is 0 Å². The summed E-state index contributed by atoms with van der Waals surface area (Å²) in [7, 11) is 0. The van der Waals surface area contributed by atoms with E-state index in [1.165, 1.54) is 12.1 Å². The van der Waals surface area contributed by atoms with Gasteiger partial charge in [0.1, 0.15) is 11.6 Å². The summed E-state index contributed by atoms with van der Waals surface area (Å²) in [6.45, 7) is 2.65. The average molecular weight is 210 g/mol. The van der Waals surface area contributed by atoms with Crippen LogP contribution in [0.1, 0.15) is 12.5 Å². The second-order valence-corrected chi connectivity index (χ2v) is 3.44. The number of hydrogen-bond acceptors (Lipinski definition) is 2. The maximum absolute atomic E-state index is 12.8. The van der Waals surface area contributed by atoms with Crippen molar-refractivity contribution in [2.75, 3.05) is 6.54 Å². The molecule has 0 bridgehead atoms. The second-order valence-electron chi connectivity index (χ2n) is 3.44. The molecule has 80 valence electrons. The first-order chi connectivity index (χ1) is 7.11. The number of halogens is 2. The molecule has 1 aromatic rings. The molecular formula is C11H12F2N2. The highest BCUT2D eigenvalue weighted by molar-refractivity contribution is 5.17. The Bertz CT molecular complexity index is 351. The molecule has 0 aliphatic carbocycles. The van der Waals surface area contributed by atoms with Crippen molar-refractivity contribution in [3.63, 3.8) is 0 Å².